The van der Waals surface area contributed by atoms with Crippen molar-refractivity contribution in [1.29, 1.82) is 0 Å². The zero-order valence-electron chi connectivity index (χ0n) is 17.0. The number of hydrogen-bond acceptors (Lipinski definition) is 4. The topological polar surface area (TPSA) is 48.5 Å². The van der Waals surface area contributed by atoms with Gasteiger partial charge in [0.1, 0.15) is 5.82 Å². The second-order valence-electron chi connectivity index (χ2n) is 7.96. The van der Waals surface area contributed by atoms with Crippen LogP contribution in [0.5, 0.6) is 0 Å². The zero-order valence-corrected chi connectivity index (χ0v) is 17.0. The minimum Gasteiger partial charge on any atom is -0.354 e. The first-order valence-corrected chi connectivity index (χ1v) is 10.7. The van der Waals surface area contributed by atoms with Gasteiger partial charge in [0.15, 0.2) is 0 Å². The van der Waals surface area contributed by atoms with E-state index in [0.717, 1.165) is 56.9 Å². The summed E-state index contributed by atoms with van der Waals surface area (Å²) in [6, 6.07) is 14.5. The standard InChI is InChI=1S/C24H30N4O/c29-24(26-22-10-4-5-11-22)21-12-13-25-23(19-21)28-17-15-27(16-18-28)14-6-9-20-7-2-1-3-8-20/h1-3,6-9,12-13,19,22H,4-5,10-11,14-18H2,(H,26,29)/b9-6+. The van der Waals surface area contributed by atoms with Gasteiger partial charge >= 0.3 is 0 Å². The Balaban J connectivity index is 1.28. The molecule has 152 valence electrons. The SMILES string of the molecule is O=C(NC1CCCC1)c1ccnc(N2CCN(C/C=C/c3ccccc3)CC2)c1. The Morgan fingerprint density at radius 3 is 2.59 bits per heavy atom. The van der Waals surface area contributed by atoms with Crippen molar-refractivity contribution in [3.05, 3.63) is 65.9 Å². The summed E-state index contributed by atoms with van der Waals surface area (Å²) < 4.78 is 0. The van der Waals surface area contributed by atoms with Crippen LogP contribution in [0.1, 0.15) is 41.6 Å². The van der Waals surface area contributed by atoms with Gasteiger partial charge in [-0.3, -0.25) is 9.69 Å². The largest absolute Gasteiger partial charge is 0.354 e. The summed E-state index contributed by atoms with van der Waals surface area (Å²) >= 11 is 0. The lowest BCUT2D eigenvalue weighted by molar-refractivity contribution is 0.0938. The summed E-state index contributed by atoms with van der Waals surface area (Å²) in [6.07, 6.45) is 10.8. The quantitative estimate of drug-likeness (QED) is 0.819. The molecular formula is C24H30N4O. The second kappa shape index (κ2) is 9.70. The van der Waals surface area contributed by atoms with Crippen LogP contribution in [0.3, 0.4) is 0 Å². The number of hydrogen-bond donors (Lipinski definition) is 1. The normalized spacial score (nSPS) is 18.4. The molecule has 4 rings (SSSR count). The number of piperazine rings is 1. The van der Waals surface area contributed by atoms with Crippen LogP contribution in [0.25, 0.3) is 6.08 Å². The smallest absolute Gasteiger partial charge is 0.251 e. The summed E-state index contributed by atoms with van der Waals surface area (Å²) in [7, 11) is 0. The van der Waals surface area contributed by atoms with Crippen molar-refractivity contribution in [2.45, 2.75) is 31.7 Å². The molecule has 29 heavy (non-hydrogen) atoms. The van der Waals surface area contributed by atoms with Crippen molar-refractivity contribution in [2.75, 3.05) is 37.6 Å². The molecule has 0 unspecified atom stereocenters. The molecule has 2 fully saturated rings. The molecule has 1 saturated carbocycles. The van der Waals surface area contributed by atoms with Crippen molar-refractivity contribution < 1.29 is 4.79 Å². The van der Waals surface area contributed by atoms with Crippen molar-refractivity contribution in [2.24, 2.45) is 0 Å². The molecule has 1 aromatic carbocycles. The molecule has 0 atom stereocenters. The molecule has 1 saturated heterocycles. The van der Waals surface area contributed by atoms with E-state index >= 15 is 0 Å². The Morgan fingerprint density at radius 2 is 1.83 bits per heavy atom. The van der Waals surface area contributed by atoms with Crippen LogP contribution in [0.4, 0.5) is 5.82 Å². The van der Waals surface area contributed by atoms with E-state index in [0.29, 0.717) is 6.04 Å². The van der Waals surface area contributed by atoms with E-state index in [-0.39, 0.29) is 5.91 Å². The third-order valence-corrected chi connectivity index (χ3v) is 5.87. The molecular weight excluding hydrogens is 360 g/mol. The first-order chi connectivity index (χ1) is 14.3. The Kier molecular flexibility index (Phi) is 6.57. The number of carbonyl (C=O) groups excluding carboxylic acids is 1. The van der Waals surface area contributed by atoms with Crippen LogP contribution in [0.2, 0.25) is 0 Å². The van der Waals surface area contributed by atoms with Gasteiger partial charge in [-0.2, -0.15) is 0 Å². The van der Waals surface area contributed by atoms with Crippen molar-refractivity contribution in [1.82, 2.24) is 15.2 Å². The highest BCUT2D eigenvalue weighted by Gasteiger charge is 2.20. The molecule has 1 aliphatic carbocycles. The number of nitrogens with one attached hydrogen (secondary N) is 1. The summed E-state index contributed by atoms with van der Waals surface area (Å²) in [4.78, 5) is 21.8. The number of aromatic nitrogens is 1. The third-order valence-electron chi connectivity index (χ3n) is 5.87. The number of benzene rings is 1. The van der Waals surface area contributed by atoms with Crippen molar-refractivity contribution in [3.8, 4) is 0 Å². The average Bonchev–Trinajstić information content (AvgIpc) is 3.28. The van der Waals surface area contributed by atoms with Gasteiger partial charge in [-0.05, 0) is 30.5 Å². The van der Waals surface area contributed by atoms with Gasteiger partial charge in [0.2, 0.25) is 0 Å². The first-order valence-electron chi connectivity index (χ1n) is 10.7. The highest BCUT2D eigenvalue weighted by atomic mass is 16.1. The molecule has 5 heteroatoms. The molecule has 1 N–H and O–H groups in total. The molecule has 0 radical (unpaired) electrons. The van der Waals surface area contributed by atoms with E-state index in [1.807, 2.05) is 18.2 Å². The molecule has 0 spiro atoms. The minimum atomic E-state index is 0.0326. The summed E-state index contributed by atoms with van der Waals surface area (Å²) in [6.45, 7) is 4.82. The number of amides is 1. The maximum Gasteiger partial charge on any atom is 0.251 e. The highest BCUT2D eigenvalue weighted by molar-refractivity contribution is 5.95. The number of rotatable bonds is 6. The van der Waals surface area contributed by atoms with Crippen LogP contribution >= 0.6 is 0 Å². The van der Waals surface area contributed by atoms with Gasteiger partial charge in [0, 0.05) is 50.5 Å². The third kappa shape index (κ3) is 5.45. The van der Waals surface area contributed by atoms with E-state index in [9.17, 15) is 4.79 Å². The molecule has 0 bridgehead atoms. The maximum atomic E-state index is 12.5. The maximum absolute atomic E-state index is 12.5. The van der Waals surface area contributed by atoms with E-state index in [1.165, 1.54) is 18.4 Å². The highest BCUT2D eigenvalue weighted by Crippen LogP contribution is 2.19. The van der Waals surface area contributed by atoms with Crippen LogP contribution in [-0.4, -0.2) is 54.6 Å². The fraction of sp³-hybridized carbons (Fsp3) is 0.417. The number of nitrogens with zero attached hydrogens (tertiary/aromatic N) is 3. The van der Waals surface area contributed by atoms with Crippen molar-refractivity contribution in [3.63, 3.8) is 0 Å². The van der Waals surface area contributed by atoms with Crippen LogP contribution in [0, 0.1) is 0 Å². The minimum absolute atomic E-state index is 0.0326. The summed E-state index contributed by atoms with van der Waals surface area (Å²) in [5, 5.41) is 3.17. The molecule has 2 aromatic rings. The van der Waals surface area contributed by atoms with E-state index in [1.54, 1.807) is 6.20 Å². The Morgan fingerprint density at radius 1 is 1.07 bits per heavy atom. The molecule has 1 aromatic heterocycles. The second-order valence-corrected chi connectivity index (χ2v) is 7.96. The van der Waals surface area contributed by atoms with Gasteiger partial charge < -0.3 is 10.2 Å². The van der Waals surface area contributed by atoms with Gasteiger partial charge in [-0.15, -0.1) is 0 Å². The predicted molar refractivity (Wildman–Crippen MR) is 118 cm³/mol. The fourth-order valence-corrected chi connectivity index (χ4v) is 4.13. The predicted octanol–water partition coefficient (Wildman–Crippen LogP) is 3.59. The van der Waals surface area contributed by atoms with Crippen LogP contribution in [0.15, 0.2) is 54.7 Å². The number of carbonyl (C=O) groups is 1. The van der Waals surface area contributed by atoms with Crippen LogP contribution < -0.4 is 10.2 Å². The van der Waals surface area contributed by atoms with E-state index < -0.39 is 0 Å². The molecule has 2 heterocycles. The number of pyridine rings is 1. The molecule has 2 aliphatic rings. The lowest BCUT2D eigenvalue weighted by Gasteiger charge is -2.35. The molecule has 1 amide bonds. The molecule has 5 nitrogen and oxygen atoms in total. The van der Waals surface area contributed by atoms with Gasteiger partial charge in [0.25, 0.3) is 5.91 Å². The Labute approximate surface area is 173 Å². The fourth-order valence-electron chi connectivity index (χ4n) is 4.13. The number of anilines is 1. The zero-order chi connectivity index (χ0) is 19.9. The van der Waals surface area contributed by atoms with Crippen molar-refractivity contribution >= 4 is 17.8 Å². The monoisotopic (exact) mass is 390 g/mol. The summed E-state index contributed by atoms with van der Waals surface area (Å²) in [5.74, 6) is 0.939. The Hall–Kier alpha value is -2.66. The lowest BCUT2D eigenvalue weighted by atomic mass is 10.2. The van der Waals surface area contributed by atoms with Gasteiger partial charge in [-0.1, -0.05) is 55.3 Å². The lowest BCUT2D eigenvalue weighted by Crippen LogP contribution is -2.46. The molecule has 1 aliphatic heterocycles. The van der Waals surface area contributed by atoms with Gasteiger partial charge in [-0.25, -0.2) is 4.98 Å². The average molecular weight is 391 g/mol. The summed E-state index contributed by atoms with van der Waals surface area (Å²) in [5.41, 5.74) is 1.96. The van der Waals surface area contributed by atoms with Gasteiger partial charge in [0.05, 0.1) is 0 Å². The van der Waals surface area contributed by atoms with E-state index in [4.69, 9.17) is 0 Å². The van der Waals surface area contributed by atoms with Crippen LogP contribution in [-0.2, 0) is 0 Å². The Bertz CT molecular complexity index is 822. The first kappa shape index (κ1) is 19.6. The van der Waals surface area contributed by atoms with E-state index in [2.05, 4.69) is 56.5 Å².